The van der Waals surface area contributed by atoms with Gasteiger partial charge >= 0.3 is 5.76 Å². The SMILES string of the molecule is CCn1c(CCC(=O)Nc2cccc(-c3noc(=O)[nH]3)c2)nc2cc(S(=O)(=O)N(C)C)ccc21. The third-order valence-electron chi connectivity index (χ3n) is 5.33. The summed E-state index contributed by atoms with van der Waals surface area (Å²) in [5.74, 6) is 0.0976. The summed E-state index contributed by atoms with van der Waals surface area (Å²) in [4.78, 5) is 31.0. The van der Waals surface area contributed by atoms with E-state index in [1.54, 1.807) is 42.5 Å². The lowest BCUT2D eigenvalue weighted by atomic mass is 10.2. The number of carbonyl (C=O) groups is 1. The van der Waals surface area contributed by atoms with E-state index in [1.807, 2.05) is 11.5 Å². The van der Waals surface area contributed by atoms with Gasteiger partial charge in [0.15, 0.2) is 5.82 Å². The summed E-state index contributed by atoms with van der Waals surface area (Å²) >= 11 is 0. The number of nitrogens with zero attached hydrogens (tertiary/aromatic N) is 4. The number of aryl methyl sites for hydroxylation is 2. The number of benzene rings is 2. The number of nitrogens with one attached hydrogen (secondary N) is 2. The zero-order chi connectivity index (χ0) is 24.5. The molecule has 0 aliphatic carbocycles. The molecule has 0 aliphatic rings. The van der Waals surface area contributed by atoms with Crippen molar-refractivity contribution in [1.82, 2.24) is 24.0 Å². The molecule has 0 fully saturated rings. The second kappa shape index (κ2) is 9.23. The highest BCUT2D eigenvalue weighted by Crippen LogP contribution is 2.23. The van der Waals surface area contributed by atoms with Crippen molar-refractivity contribution < 1.29 is 17.7 Å². The van der Waals surface area contributed by atoms with Crippen molar-refractivity contribution in [2.45, 2.75) is 31.2 Å². The highest BCUT2D eigenvalue weighted by atomic mass is 32.2. The number of H-pyrrole nitrogens is 1. The summed E-state index contributed by atoms with van der Waals surface area (Å²) in [5.41, 5.74) is 2.52. The van der Waals surface area contributed by atoms with Crippen molar-refractivity contribution in [2.75, 3.05) is 19.4 Å². The minimum absolute atomic E-state index is 0.170. The molecule has 0 saturated heterocycles. The molecule has 0 atom stereocenters. The van der Waals surface area contributed by atoms with Crippen molar-refractivity contribution in [3.8, 4) is 11.4 Å². The van der Waals surface area contributed by atoms with Crippen LogP contribution in [0.3, 0.4) is 0 Å². The van der Waals surface area contributed by atoms with Gasteiger partial charge in [0.1, 0.15) is 5.82 Å². The number of aromatic amines is 1. The maximum Gasteiger partial charge on any atom is 0.439 e. The van der Waals surface area contributed by atoms with Gasteiger partial charge in [0, 0.05) is 44.7 Å². The summed E-state index contributed by atoms with van der Waals surface area (Å²) in [6.45, 7) is 2.60. The molecule has 0 radical (unpaired) electrons. The standard InChI is InChI=1S/C22H24N6O5S/c1-4-28-18-9-8-16(34(31,32)27(2)3)13-17(18)24-19(28)10-11-20(29)23-15-7-5-6-14(12-15)21-25-22(30)33-26-21/h5-9,12-13H,4,10-11H2,1-3H3,(H,23,29)(H,25,26,30). The van der Waals surface area contributed by atoms with Gasteiger partial charge in [-0.25, -0.2) is 22.5 Å². The van der Waals surface area contributed by atoms with Crippen LogP contribution in [0.15, 0.2) is 56.7 Å². The van der Waals surface area contributed by atoms with E-state index in [1.165, 1.54) is 14.1 Å². The summed E-state index contributed by atoms with van der Waals surface area (Å²) in [5, 5.41) is 6.48. The molecular formula is C22H24N6O5S. The first-order valence-electron chi connectivity index (χ1n) is 10.6. The predicted octanol–water partition coefficient (Wildman–Crippen LogP) is 2.22. The van der Waals surface area contributed by atoms with Crippen LogP contribution in [0.25, 0.3) is 22.4 Å². The van der Waals surface area contributed by atoms with Crippen LogP contribution in [0.2, 0.25) is 0 Å². The average Bonchev–Trinajstić information content (AvgIpc) is 3.40. The minimum Gasteiger partial charge on any atom is -0.328 e. The third-order valence-corrected chi connectivity index (χ3v) is 7.14. The lowest BCUT2D eigenvalue weighted by Gasteiger charge is -2.11. The lowest BCUT2D eigenvalue weighted by molar-refractivity contribution is -0.116. The molecule has 0 spiro atoms. The van der Waals surface area contributed by atoms with E-state index in [4.69, 9.17) is 0 Å². The number of imidazole rings is 1. The third kappa shape index (κ3) is 4.63. The molecule has 11 nitrogen and oxygen atoms in total. The van der Waals surface area contributed by atoms with Crippen LogP contribution in [0.1, 0.15) is 19.2 Å². The van der Waals surface area contributed by atoms with Crippen molar-refractivity contribution in [3.05, 3.63) is 58.8 Å². The molecule has 1 amide bonds. The maximum atomic E-state index is 12.6. The Bertz CT molecular complexity index is 1520. The van der Waals surface area contributed by atoms with Crippen LogP contribution in [0.5, 0.6) is 0 Å². The monoisotopic (exact) mass is 484 g/mol. The van der Waals surface area contributed by atoms with Crippen LogP contribution in [0.4, 0.5) is 5.69 Å². The molecule has 2 aromatic heterocycles. The molecule has 2 heterocycles. The smallest absolute Gasteiger partial charge is 0.328 e. The molecule has 12 heteroatoms. The van der Waals surface area contributed by atoms with Crippen molar-refractivity contribution in [3.63, 3.8) is 0 Å². The first kappa shape index (κ1) is 23.4. The number of anilines is 1. The number of aromatic nitrogens is 4. The Morgan fingerprint density at radius 1 is 1.21 bits per heavy atom. The second-order valence-electron chi connectivity index (χ2n) is 7.78. The predicted molar refractivity (Wildman–Crippen MR) is 126 cm³/mol. The quantitative estimate of drug-likeness (QED) is 0.390. The van der Waals surface area contributed by atoms with Crippen LogP contribution in [-0.2, 0) is 27.8 Å². The average molecular weight is 485 g/mol. The second-order valence-corrected chi connectivity index (χ2v) is 9.93. The van der Waals surface area contributed by atoms with E-state index in [0.29, 0.717) is 35.6 Å². The largest absolute Gasteiger partial charge is 0.439 e. The van der Waals surface area contributed by atoms with Gasteiger partial charge in [-0.2, -0.15) is 0 Å². The zero-order valence-corrected chi connectivity index (χ0v) is 19.7. The molecule has 2 aromatic carbocycles. The topological polar surface area (TPSA) is 143 Å². The first-order chi connectivity index (χ1) is 16.2. The van der Waals surface area contributed by atoms with Gasteiger partial charge in [-0.05, 0) is 37.3 Å². The number of fused-ring (bicyclic) bond motifs is 1. The molecule has 2 N–H and O–H groups in total. The fraction of sp³-hybridized carbons (Fsp3) is 0.273. The zero-order valence-electron chi connectivity index (χ0n) is 18.9. The van der Waals surface area contributed by atoms with Crippen molar-refractivity contribution in [2.24, 2.45) is 0 Å². The van der Waals surface area contributed by atoms with Crippen LogP contribution < -0.4 is 11.1 Å². The van der Waals surface area contributed by atoms with E-state index in [2.05, 4.69) is 25.0 Å². The van der Waals surface area contributed by atoms with E-state index >= 15 is 0 Å². The van der Waals surface area contributed by atoms with Gasteiger partial charge in [0.25, 0.3) is 0 Å². The summed E-state index contributed by atoms with van der Waals surface area (Å²) in [6, 6.07) is 11.7. The van der Waals surface area contributed by atoms with Crippen molar-refractivity contribution >= 4 is 32.7 Å². The van der Waals surface area contributed by atoms with Gasteiger partial charge in [0.2, 0.25) is 15.9 Å². The normalized spacial score (nSPS) is 11.9. The molecule has 0 aliphatic heterocycles. The number of sulfonamides is 1. The first-order valence-corrected chi connectivity index (χ1v) is 12.0. The Morgan fingerprint density at radius 3 is 2.68 bits per heavy atom. The van der Waals surface area contributed by atoms with E-state index in [-0.39, 0.29) is 23.0 Å². The van der Waals surface area contributed by atoms with Gasteiger partial charge in [0.05, 0.1) is 15.9 Å². The molecule has 0 saturated carbocycles. The Balaban J connectivity index is 1.50. The van der Waals surface area contributed by atoms with Gasteiger partial charge in [-0.3, -0.25) is 14.3 Å². The molecule has 0 unspecified atom stereocenters. The minimum atomic E-state index is -3.57. The van der Waals surface area contributed by atoms with Gasteiger partial charge in [-0.1, -0.05) is 17.3 Å². The number of hydrogen-bond acceptors (Lipinski definition) is 7. The summed E-state index contributed by atoms with van der Waals surface area (Å²) < 4.78 is 32.6. The Morgan fingerprint density at radius 2 is 2.00 bits per heavy atom. The maximum absolute atomic E-state index is 12.6. The molecular weight excluding hydrogens is 460 g/mol. The van der Waals surface area contributed by atoms with Crippen LogP contribution in [-0.4, -0.2) is 52.4 Å². The lowest BCUT2D eigenvalue weighted by Crippen LogP contribution is -2.22. The number of rotatable bonds is 8. The van der Waals surface area contributed by atoms with E-state index < -0.39 is 15.8 Å². The van der Waals surface area contributed by atoms with Gasteiger partial charge in [-0.15, -0.1) is 0 Å². The number of carbonyl (C=O) groups excluding carboxylic acids is 1. The van der Waals surface area contributed by atoms with E-state index in [0.717, 1.165) is 9.82 Å². The molecule has 34 heavy (non-hydrogen) atoms. The molecule has 178 valence electrons. The summed E-state index contributed by atoms with van der Waals surface area (Å²) in [6.07, 6.45) is 0.553. The fourth-order valence-electron chi connectivity index (χ4n) is 3.62. The molecule has 0 bridgehead atoms. The Hall–Kier alpha value is -3.77. The highest BCUT2D eigenvalue weighted by molar-refractivity contribution is 7.89. The fourth-order valence-corrected chi connectivity index (χ4v) is 4.54. The molecule has 4 aromatic rings. The van der Waals surface area contributed by atoms with Crippen LogP contribution >= 0.6 is 0 Å². The summed E-state index contributed by atoms with van der Waals surface area (Å²) in [7, 11) is -0.609. The molecule has 4 rings (SSSR count). The van der Waals surface area contributed by atoms with Crippen LogP contribution in [0, 0.1) is 0 Å². The Kier molecular flexibility index (Phi) is 6.35. The number of hydrogen-bond donors (Lipinski definition) is 2. The number of amides is 1. The van der Waals surface area contributed by atoms with Gasteiger partial charge < -0.3 is 9.88 Å². The highest BCUT2D eigenvalue weighted by Gasteiger charge is 2.20. The Labute approximate surface area is 195 Å². The van der Waals surface area contributed by atoms with E-state index in [9.17, 15) is 18.0 Å². The van der Waals surface area contributed by atoms with Crippen molar-refractivity contribution in [1.29, 1.82) is 0 Å².